The number of fused-ring (bicyclic) bond motifs is 13. The third-order valence-corrected chi connectivity index (χ3v) is 11.8. The van der Waals surface area contributed by atoms with Gasteiger partial charge in [0.1, 0.15) is 5.52 Å². The number of nitrogens with zero attached hydrogens (tertiary/aromatic N) is 2. The SMILES string of the molecule is c1ccc2cc(-c3cc4oc(-n5c6ccccc6c6c7sc8ccccc8c7ccc65)nc4c4c3sc3ccccc34)ccc2c1. The van der Waals surface area contributed by atoms with E-state index in [1.54, 1.807) is 0 Å². The number of oxazole rings is 1. The molecular weight excluding hydrogens is 601 g/mol. The van der Waals surface area contributed by atoms with Gasteiger partial charge in [0.15, 0.2) is 5.58 Å². The first-order valence-corrected chi connectivity index (χ1v) is 17.0. The van der Waals surface area contributed by atoms with Crippen molar-refractivity contribution in [2.45, 2.75) is 0 Å². The second-order valence-corrected chi connectivity index (χ2v) is 14.0. The van der Waals surface area contributed by atoms with E-state index in [1.165, 1.54) is 67.6 Å². The molecule has 0 saturated carbocycles. The van der Waals surface area contributed by atoms with Gasteiger partial charge in [-0.1, -0.05) is 97.1 Å². The molecule has 11 aromatic rings. The predicted molar refractivity (Wildman–Crippen MR) is 197 cm³/mol. The van der Waals surface area contributed by atoms with Crippen molar-refractivity contribution in [1.29, 1.82) is 0 Å². The van der Waals surface area contributed by atoms with Gasteiger partial charge in [-0.2, -0.15) is 4.98 Å². The molecule has 0 aliphatic heterocycles. The highest BCUT2D eigenvalue weighted by Crippen LogP contribution is 2.47. The summed E-state index contributed by atoms with van der Waals surface area (Å²) in [5.74, 6) is 0. The number of benzene rings is 7. The fourth-order valence-electron chi connectivity index (χ4n) is 7.37. The maximum absolute atomic E-state index is 6.84. The molecule has 7 aromatic carbocycles. The molecule has 0 unspecified atom stereocenters. The zero-order chi connectivity index (χ0) is 29.9. The molecule has 0 radical (unpaired) electrons. The summed E-state index contributed by atoms with van der Waals surface area (Å²) < 4.78 is 14.1. The Morgan fingerprint density at radius 1 is 0.522 bits per heavy atom. The van der Waals surface area contributed by atoms with Crippen LogP contribution in [0.1, 0.15) is 0 Å². The minimum Gasteiger partial charge on any atom is -0.423 e. The zero-order valence-corrected chi connectivity index (χ0v) is 26.0. The van der Waals surface area contributed by atoms with Crippen LogP contribution in [-0.2, 0) is 0 Å². The normalized spacial score (nSPS) is 12.3. The van der Waals surface area contributed by atoms with Gasteiger partial charge in [-0.05, 0) is 52.7 Å². The Hall–Kier alpha value is -5.49. The lowest BCUT2D eigenvalue weighted by Crippen LogP contribution is -1.93. The van der Waals surface area contributed by atoms with E-state index in [2.05, 4.69) is 138 Å². The van der Waals surface area contributed by atoms with Crippen LogP contribution in [0.4, 0.5) is 0 Å². The molecule has 4 heterocycles. The minimum absolute atomic E-state index is 0.592. The van der Waals surface area contributed by atoms with Crippen molar-refractivity contribution in [3.63, 3.8) is 0 Å². The molecule has 0 N–H and O–H groups in total. The van der Waals surface area contributed by atoms with Gasteiger partial charge in [-0.25, -0.2) is 0 Å². The predicted octanol–water partition coefficient (Wildman–Crippen LogP) is 12.5. The number of para-hydroxylation sites is 1. The monoisotopic (exact) mass is 622 g/mol. The molecule has 0 bridgehead atoms. The maximum atomic E-state index is 6.84. The number of rotatable bonds is 2. The highest BCUT2D eigenvalue weighted by Gasteiger charge is 2.23. The average Bonchev–Trinajstić information content (AvgIpc) is 3.87. The van der Waals surface area contributed by atoms with Gasteiger partial charge in [0, 0.05) is 56.7 Å². The molecule has 46 heavy (non-hydrogen) atoms. The molecule has 3 nitrogen and oxygen atoms in total. The molecule has 0 aliphatic rings. The molecule has 4 aromatic heterocycles. The summed E-state index contributed by atoms with van der Waals surface area (Å²) in [5.41, 5.74) is 6.25. The van der Waals surface area contributed by atoms with E-state index in [4.69, 9.17) is 9.40 Å². The zero-order valence-electron chi connectivity index (χ0n) is 24.3. The molecule has 0 amide bonds. The van der Waals surface area contributed by atoms with E-state index in [0.717, 1.165) is 27.5 Å². The van der Waals surface area contributed by atoms with Gasteiger partial charge in [-0.3, -0.25) is 4.57 Å². The van der Waals surface area contributed by atoms with Crippen molar-refractivity contribution in [3.8, 4) is 17.1 Å². The Balaban J connectivity index is 1.25. The molecule has 0 fully saturated rings. The van der Waals surface area contributed by atoms with E-state index in [1.807, 2.05) is 22.7 Å². The standard InChI is InChI=1S/C41H22N2OS2/c1-2-10-24-21-25(18-17-23(24)9-1)30-22-33-38(37-29-13-5-8-16-35(29)46-40(30)37)42-41(44-33)43-31-14-6-3-12-28(31)36-32(43)20-19-27-26-11-4-7-15-34(26)45-39(27)36/h1-22H. The van der Waals surface area contributed by atoms with Crippen LogP contribution in [0.25, 0.3) is 101 Å². The first-order chi connectivity index (χ1) is 22.8. The highest BCUT2D eigenvalue weighted by molar-refractivity contribution is 7.27. The van der Waals surface area contributed by atoms with Crippen LogP contribution in [0.2, 0.25) is 0 Å². The lowest BCUT2D eigenvalue weighted by molar-refractivity contribution is 0.574. The topological polar surface area (TPSA) is 31.0 Å². The third-order valence-electron chi connectivity index (χ3n) is 9.43. The maximum Gasteiger partial charge on any atom is 0.307 e. The smallest absolute Gasteiger partial charge is 0.307 e. The molecule has 11 rings (SSSR count). The summed E-state index contributed by atoms with van der Waals surface area (Å²) in [6.45, 7) is 0. The van der Waals surface area contributed by atoms with Crippen molar-refractivity contribution in [2.24, 2.45) is 0 Å². The van der Waals surface area contributed by atoms with Gasteiger partial charge < -0.3 is 4.42 Å². The van der Waals surface area contributed by atoms with E-state index in [9.17, 15) is 0 Å². The van der Waals surface area contributed by atoms with Crippen molar-refractivity contribution < 1.29 is 4.42 Å². The number of aromatic nitrogens is 2. The lowest BCUT2D eigenvalue weighted by atomic mass is 9.99. The molecule has 0 saturated heterocycles. The largest absolute Gasteiger partial charge is 0.423 e. The van der Waals surface area contributed by atoms with Gasteiger partial charge in [0.05, 0.1) is 11.0 Å². The summed E-state index contributed by atoms with van der Waals surface area (Å²) in [6, 6.07) is 48.6. The first kappa shape index (κ1) is 24.8. The van der Waals surface area contributed by atoms with Gasteiger partial charge in [0.25, 0.3) is 0 Å². The van der Waals surface area contributed by atoms with E-state index >= 15 is 0 Å². The van der Waals surface area contributed by atoms with Crippen LogP contribution in [0, 0.1) is 0 Å². The Morgan fingerprint density at radius 2 is 1.24 bits per heavy atom. The molecular formula is C41H22N2OS2. The van der Waals surface area contributed by atoms with E-state index < -0.39 is 0 Å². The van der Waals surface area contributed by atoms with Crippen LogP contribution in [0.15, 0.2) is 138 Å². The lowest BCUT2D eigenvalue weighted by Gasteiger charge is -2.06. The molecule has 0 spiro atoms. The van der Waals surface area contributed by atoms with Crippen molar-refractivity contribution in [2.75, 3.05) is 0 Å². The number of hydrogen-bond acceptors (Lipinski definition) is 4. The Bertz CT molecular complexity index is 3050. The van der Waals surface area contributed by atoms with Crippen molar-refractivity contribution in [3.05, 3.63) is 133 Å². The summed E-state index contributed by atoms with van der Waals surface area (Å²) in [7, 11) is 0. The molecule has 0 atom stereocenters. The number of hydrogen-bond donors (Lipinski definition) is 0. The van der Waals surface area contributed by atoms with Gasteiger partial charge in [-0.15, -0.1) is 22.7 Å². The molecule has 214 valence electrons. The highest BCUT2D eigenvalue weighted by atomic mass is 32.1. The van der Waals surface area contributed by atoms with Crippen LogP contribution in [0.5, 0.6) is 0 Å². The molecule has 5 heteroatoms. The summed E-state index contributed by atoms with van der Waals surface area (Å²) in [6.07, 6.45) is 0. The minimum atomic E-state index is 0.592. The fraction of sp³-hybridized carbons (Fsp3) is 0. The average molecular weight is 623 g/mol. The Kier molecular flexibility index (Phi) is 4.87. The van der Waals surface area contributed by atoms with Crippen molar-refractivity contribution >= 4 is 107 Å². The van der Waals surface area contributed by atoms with Crippen LogP contribution < -0.4 is 0 Å². The third kappa shape index (κ3) is 3.28. The van der Waals surface area contributed by atoms with Gasteiger partial charge >= 0.3 is 6.01 Å². The second kappa shape index (κ2) is 9.04. The summed E-state index contributed by atoms with van der Waals surface area (Å²) in [5, 5.41) is 9.88. The van der Waals surface area contributed by atoms with Crippen LogP contribution in [0.3, 0.4) is 0 Å². The van der Waals surface area contributed by atoms with Gasteiger partial charge in [0.2, 0.25) is 0 Å². The Labute approximate surface area is 270 Å². The van der Waals surface area contributed by atoms with E-state index in [-0.39, 0.29) is 0 Å². The summed E-state index contributed by atoms with van der Waals surface area (Å²) in [4.78, 5) is 5.32. The summed E-state index contributed by atoms with van der Waals surface area (Å²) >= 11 is 3.69. The Morgan fingerprint density at radius 3 is 2.13 bits per heavy atom. The van der Waals surface area contributed by atoms with E-state index in [0.29, 0.717) is 6.01 Å². The molecule has 0 aliphatic carbocycles. The first-order valence-electron chi connectivity index (χ1n) is 15.4. The quantitative estimate of drug-likeness (QED) is 0.192. The number of thiophene rings is 2. The van der Waals surface area contributed by atoms with Crippen molar-refractivity contribution in [1.82, 2.24) is 9.55 Å². The van der Waals surface area contributed by atoms with Crippen LogP contribution in [-0.4, -0.2) is 9.55 Å². The van der Waals surface area contributed by atoms with Crippen LogP contribution >= 0.6 is 22.7 Å². The fourth-order valence-corrected chi connectivity index (χ4v) is 9.87. The second-order valence-electron chi connectivity index (χ2n) is 11.9.